The van der Waals surface area contributed by atoms with Crippen molar-refractivity contribution in [2.75, 3.05) is 33.9 Å². The number of ether oxygens (including phenoxy) is 4. The van der Waals surface area contributed by atoms with E-state index in [0.29, 0.717) is 6.61 Å². The molecule has 2 aliphatic rings. The van der Waals surface area contributed by atoms with Crippen LogP contribution in [0.2, 0.25) is 0 Å². The van der Waals surface area contributed by atoms with Gasteiger partial charge in [0.2, 0.25) is 5.88 Å². The van der Waals surface area contributed by atoms with Gasteiger partial charge in [-0.25, -0.2) is 4.98 Å². The molecule has 2 atom stereocenters. The Morgan fingerprint density at radius 1 is 0.947 bits per heavy atom. The Bertz CT molecular complexity index is 1160. The first-order valence-electron chi connectivity index (χ1n) is 14.3. The number of nitrogens with zero attached hydrogens (tertiary/aromatic N) is 1. The average Bonchev–Trinajstić information content (AvgIpc) is 2.98. The van der Waals surface area contributed by atoms with Crippen LogP contribution in [0, 0.1) is 5.92 Å². The lowest BCUT2D eigenvalue weighted by Crippen LogP contribution is -2.41. The number of hydrogen-bond acceptors (Lipinski definition) is 6. The van der Waals surface area contributed by atoms with Crippen molar-refractivity contribution in [2.24, 2.45) is 5.92 Å². The van der Waals surface area contributed by atoms with Gasteiger partial charge in [-0.1, -0.05) is 62.4 Å². The zero-order valence-corrected chi connectivity index (χ0v) is 22.9. The Morgan fingerprint density at radius 3 is 2.55 bits per heavy atom. The minimum atomic E-state index is 0.0370. The first-order valence-corrected chi connectivity index (χ1v) is 14.3. The van der Waals surface area contributed by atoms with Crippen molar-refractivity contribution in [3.8, 4) is 17.4 Å². The van der Waals surface area contributed by atoms with Crippen LogP contribution >= 0.6 is 0 Å². The van der Waals surface area contributed by atoms with Gasteiger partial charge in [0.1, 0.15) is 11.5 Å². The molecule has 1 saturated heterocycles. The number of rotatable bonds is 11. The molecule has 3 aromatic rings. The smallest absolute Gasteiger partial charge is 0.213 e. The third-order valence-corrected chi connectivity index (χ3v) is 8.26. The van der Waals surface area contributed by atoms with E-state index in [1.807, 2.05) is 30.5 Å². The van der Waals surface area contributed by atoms with Gasteiger partial charge >= 0.3 is 0 Å². The maximum atomic E-state index is 6.54. The van der Waals surface area contributed by atoms with Gasteiger partial charge in [0.05, 0.1) is 33.5 Å². The number of methoxy groups -OCH3 is 2. The summed E-state index contributed by atoms with van der Waals surface area (Å²) in [6.07, 6.45) is 12.4. The van der Waals surface area contributed by atoms with Crippen LogP contribution in [0.4, 0.5) is 0 Å². The highest BCUT2D eigenvalue weighted by Crippen LogP contribution is 2.38. The molecule has 6 heteroatoms. The van der Waals surface area contributed by atoms with E-state index < -0.39 is 0 Å². The molecule has 0 amide bonds. The predicted molar refractivity (Wildman–Crippen MR) is 151 cm³/mol. The van der Waals surface area contributed by atoms with E-state index in [-0.39, 0.29) is 12.0 Å². The quantitative estimate of drug-likeness (QED) is 0.287. The van der Waals surface area contributed by atoms with Crippen LogP contribution in [-0.4, -0.2) is 45.0 Å². The molecule has 204 valence electrons. The Balaban J connectivity index is 1.20. The highest BCUT2D eigenvalue weighted by molar-refractivity contribution is 5.94. The number of fused-ring (bicyclic) bond motifs is 1. The van der Waals surface area contributed by atoms with Gasteiger partial charge in [-0.3, -0.25) is 0 Å². The molecule has 0 spiro atoms. The van der Waals surface area contributed by atoms with E-state index >= 15 is 0 Å². The summed E-state index contributed by atoms with van der Waals surface area (Å²) in [7, 11) is 3.42. The average molecular weight is 519 g/mol. The highest BCUT2D eigenvalue weighted by atomic mass is 16.5. The van der Waals surface area contributed by atoms with Crippen molar-refractivity contribution < 1.29 is 18.9 Å². The summed E-state index contributed by atoms with van der Waals surface area (Å²) >= 11 is 0. The number of pyridine rings is 1. The van der Waals surface area contributed by atoms with Crippen molar-refractivity contribution in [3.05, 3.63) is 59.8 Å². The van der Waals surface area contributed by atoms with Crippen LogP contribution in [0.15, 0.2) is 48.7 Å². The Morgan fingerprint density at radius 2 is 1.79 bits per heavy atom. The lowest BCUT2D eigenvalue weighted by Gasteiger charge is -2.32. The fourth-order valence-corrected chi connectivity index (χ4v) is 6.19. The van der Waals surface area contributed by atoms with E-state index in [1.165, 1.54) is 44.1 Å². The van der Waals surface area contributed by atoms with Gasteiger partial charge in [0.15, 0.2) is 0 Å². The van der Waals surface area contributed by atoms with Crippen molar-refractivity contribution in [1.29, 1.82) is 0 Å². The molecular formula is C32H42N2O4. The lowest BCUT2D eigenvalue weighted by atomic mass is 9.86. The van der Waals surface area contributed by atoms with Gasteiger partial charge in [-0.05, 0) is 43.4 Å². The third-order valence-electron chi connectivity index (χ3n) is 8.26. The molecule has 38 heavy (non-hydrogen) atoms. The van der Waals surface area contributed by atoms with Crippen molar-refractivity contribution >= 4 is 10.8 Å². The molecule has 0 unspecified atom stereocenters. The zero-order chi connectivity index (χ0) is 26.2. The maximum Gasteiger partial charge on any atom is 0.213 e. The summed E-state index contributed by atoms with van der Waals surface area (Å²) in [6, 6.07) is 14.4. The standard InChI is InChI=1S/C32H42N2O4/c1-35-29-19-25(32(36-2)28-13-7-6-12-27(28)29)22-38-30-21-33-17-16-26(30)24-14-15-31(34-20-24)37-18-8-11-23-9-4-3-5-10-23/h6-7,12-15,19-20,23,26,30,33H,3-5,8-11,16-18,21-22H2,1-2H3/t26-,30+/m1/s1. The maximum absolute atomic E-state index is 6.54. The molecule has 1 saturated carbocycles. The minimum Gasteiger partial charge on any atom is -0.496 e. The highest BCUT2D eigenvalue weighted by Gasteiger charge is 2.28. The lowest BCUT2D eigenvalue weighted by molar-refractivity contribution is 0.00975. The van der Waals surface area contributed by atoms with Gasteiger partial charge < -0.3 is 24.3 Å². The predicted octanol–water partition coefficient (Wildman–Crippen LogP) is 6.65. The summed E-state index contributed by atoms with van der Waals surface area (Å²) in [4.78, 5) is 4.64. The van der Waals surface area contributed by atoms with Gasteiger partial charge in [0.25, 0.3) is 0 Å². The van der Waals surface area contributed by atoms with E-state index in [0.717, 1.165) is 72.2 Å². The van der Waals surface area contributed by atoms with E-state index in [9.17, 15) is 0 Å². The summed E-state index contributed by atoms with van der Waals surface area (Å²) in [5, 5.41) is 5.57. The number of aromatic nitrogens is 1. The molecule has 0 bridgehead atoms. The van der Waals surface area contributed by atoms with Crippen LogP contribution in [0.1, 0.15) is 68.4 Å². The second-order valence-corrected chi connectivity index (χ2v) is 10.7. The summed E-state index contributed by atoms with van der Waals surface area (Å²) in [6.45, 7) is 2.97. The van der Waals surface area contributed by atoms with Crippen LogP contribution < -0.4 is 19.5 Å². The number of nitrogens with one attached hydrogen (secondary N) is 1. The topological polar surface area (TPSA) is 61.8 Å². The van der Waals surface area contributed by atoms with Gasteiger partial charge in [-0.15, -0.1) is 0 Å². The number of benzene rings is 2. The molecule has 5 rings (SSSR count). The largest absolute Gasteiger partial charge is 0.496 e. The Kier molecular flexibility index (Phi) is 9.37. The Labute approximate surface area is 227 Å². The van der Waals surface area contributed by atoms with Crippen molar-refractivity contribution in [3.63, 3.8) is 0 Å². The number of piperidine rings is 1. The summed E-state index contributed by atoms with van der Waals surface area (Å²) in [5.41, 5.74) is 2.19. The second-order valence-electron chi connectivity index (χ2n) is 10.7. The van der Waals surface area contributed by atoms with Crippen molar-refractivity contribution in [1.82, 2.24) is 10.3 Å². The SMILES string of the molecule is COc1cc(CO[C@H]2CNCC[C@@H]2c2ccc(OCCCC3CCCCC3)nc2)c(OC)c2ccccc12. The van der Waals surface area contributed by atoms with Gasteiger partial charge in [-0.2, -0.15) is 0 Å². The first-order chi connectivity index (χ1) is 18.8. The van der Waals surface area contributed by atoms with Gasteiger partial charge in [0, 0.05) is 41.1 Å². The molecule has 1 N–H and O–H groups in total. The zero-order valence-electron chi connectivity index (χ0n) is 22.9. The fourth-order valence-electron chi connectivity index (χ4n) is 6.19. The normalized spacial score (nSPS) is 20.4. The summed E-state index contributed by atoms with van der Waals surface area (Å²) < 4.78 is 24.0. The summed E-state index contributed by atoms with van der Waals surface area (Å²) in [5.74, 6) is 3.56. The molecule has 1 aliphatic carbocycles. The van der Waals surface area contributed by atoms with E-state index in [4.69, 9.17) is 18.9 Å². The molecule has 0 radical (unpaired) electrons. The fraction of sp³-hybridized carbons (Fsp3) is 0.531. The molecular weight excluding hydrogens is 476 g/mol. The van der Waals surface area contributed by atoms with E-state index in [1.54, 1.807) is 14.2 Å². The minimum absolute atomic E-state index is 0.0370. The van der Waals surface area contributed by atoms with E-state index in [2.05, 4.69) is 28.5 Å². The molecule has 2 heterocycles. The Hall–Kier alpha value is -2.83. The van der Waals surface area contributed by atoms with Crippen LogP contribution in [0.25, 0.3) is 10.8 Å². The van der Waals surface area contributed by atoms with Crippen LogP contribution in [-0.2, 0) is 11.3 Å². The molecule has 1 aliphatic heterocycles. The third kappa shape index (κ3) is 6.41. The number of hydrogen-bond donors (Lipinski definition) is 1. The molecule has 2 fully saturated rings. The molecule has 6 nitrogen and oxygen atoms in total. The molecule has 1 aromatic heterocycles. The van der Waals surface area contributed by atoms with Crippen LogP contribution in [0.5, 0.6) is 17.4 Å². The van der Waals surface area contributed by atoms with Crippen molar-refractivity contribution in [2.45, 2.75) is 70.0 Å². The van der Waals surface area contributed by atoms with Crippen LogP contribution in [0.3, 0.4) is 0 Å². The second kappa shape index (κ2) is 13.3. The first kappa shape index (κ1) is 26.8. The molecule has 2 aromatic carbocycles. The monoisotopic (exact) mass is 518 g/mol.